The first-order valence-electron chi connectivity index (χ1n) is 3.35. The molecule has 0 rings (SSSR count). The number of carbonyl (C=O) groups is 1. The van der Waals surface area contributed by atoms with Crippen LogP contribution in [0.25, 0.3) is 0 Å². The molecule has 10 heavy (non-hydrogen) atoms. The van der Waals surface area contributed by atoms with Gasteiger partial charge in [-0.1, -0.05) is 0 Å². The average Bonchev–Trinajstić information content (AvgIpc) is 1.83. The lowest BCUT2D eigenvalue weighted by molar-refractivity contribution is 0.168. The highest BCUT2D eigenvalue weighted by molar-refractivity contribution is 5.74. The zero-order valence-corrected chi connectivity index (χ0v) is 7.36. The summed E-state index contributed by atoms with van der Waals surface area (Å²) in [6, 6.07) is -0.0486. The third kappa shape index (κ3) is 2.25. The van der Waals surface area contributed by atoms with Gasteiger partial charge >= 0.3 is 6.03 Å². The van der Waals surface area contributed by atoms with Gasteiger partial charge in [-0.15, -0.1) is 0 Å². The van der Waals surface area contributed by atoms with Crippen LogP contribution < -0.4 is 5.32 Å². The Labute approximate surface area is 62.4 Å². The summed E-state index contributed by atoms with van der Waals surface area (Å²) in [7, 11) is 3.41. The molecular weight excluding hydrogens is 128 g/mol. The van der Waals surface area contributed by atoms with Crippen LogP contribution in [0.4, 0.5) is 4.79 Å². The molecule has 0 saturated heterocycles. The Morgan fingerprint density at radius 3 is 1.90 bits per heavy atom. The maximum absolute atomic E-state index is 11.0. The third-order valence-electron chi connectivity index (χ3n) is 1.52. The van der Waals surface area contributed by atoms with E-state index in [1.54, 1.807) is 19.0 Å². The zero-order valence-electron chi connectivity index (χ0n) is 7.36. The number of rotatable bonds is 0. The van der Waals surface area contributed by atoms with Gasteiger partial charge in [0.2, 0.25) is 0 Å². The van der Waals surface area contributed by atoms with Crippen molar-refractivity contribution in [2.75, 3.05) is 14.1 Å². The molecule has 0 radical (unpaired) electrons. The van der Waals surface area contributed by atoms with E-state index >= 15 is 0 Å². The Balaban J connectivity index is 4.08. The highest BCUT2D eigenvalue weighted by atomic mass is 16.2. The molecule has 3 heteroatoms. The van der Waals surface area contributed by atoms with E-state index in [1.807, 2.05) is 20.8 Å². The van der Waals surface area contributed by atoms with Crippen LogP contribution in [-0.2, 0) is 0 Å². The van der Waals surface area contributed by atoms with Gasteiger partial charge in [-0.05, 0) is 20.8 Å². The molecule has 0 aliphatic carbocycles. The van der Waals surface area contributed by atoms with Gasteiger partial charge in [0.25, 0.3) is 0 Å². The maximum Gasteiger partial charge on any atom is 0.317 e. The smallest absolute Gasteiger partial charge is 0.317 e. The van der Waals surface area contributed by atoms with Gasteiger partial charge in [0.15, 0.2) is 0 Å². The molecule has 0 bridgehead atoms. The minimum atomic E-state index is -0.0971. The van der Waals surface area contributed by atoms with Crippen molar-refractivity contribution in [2.24, 2.45) is 0 Å². The first-order valence-corrected chi connectivity index (χ1v) is 3.35. The minimum Gasteiger partial charge on any atom is -0.341 e. The van der Waals surface area contributed by atoms with Crippen molar-refractivity contribution >= 4 is 6.03 Å². The predicted molar refractivity (Wildman–Crippen MR) is 42.0 cm³/mol. The first-order chi connectivity index (χ1) is 4.39. The predicted octanol–water partition coefficient (Wildman–Crippen LogP) is 1.06. The SMILES string of the molecule is CNC(=O)N(C)C(C)(C)C. The molecule has 0 aromatic carbocycles. The standard InChI is InChI=1S/C7H16N2O/c1-7(2,3)9(5)6(10)8-4/h1-5H3,(H,8,10). The number of carbonyl (C=O) groups excluding carboxylic acids is 1. The number of nitrogens with zero attached hydrogens (tertiary/aromatic N) is 1. The van der Waals surface area contributed by atoms with E-state index in [0.29, 0.717) is 0 Å². The van der Waals surface area contributed by atoms with Crippen molar-refractivity contribution in [3.05, 3.63) is 0 Å². The Kier molecular flexibility index (Phi) is 2.69. The third-order valence-corrected chi connectivity index (χ3v) is 1.52. The molecule has 0 aromatic heterocycles. The van der Waals surface area contributed by atoms with Crippen LogP contribution in [0.3, 0.4) is 0 Å². The molecule has 0 saturated carbocycles. The Morgan fingerprint density at radius 1 is 1.40 bits per heavy atom. The van der Waals surface area contributed by atoms with Crippen molar-refractivity contribution in [1.82, 2.24) is 10.2 Å². The molecule has 0 aliphatic heterocycles. The lowest BCUT2D eigenvalue weighted by atomic mass is 10.1. The summed E-state index contributed by atoms with van der Waals surface area (Å²) in [4.78, 5) is 12.6. The molecule has 3 nitrogen and oxygen atoms in total. The average molecular weight is 144 g/mol. The summed E-state index contributed by atoms with van der Waals surface area (Å²) >= 11 is 0. The molecule has 0 atom stereocenters. The second-order valence-electron chi connectivity index (χ2n) is 3.28. The van der Waals surface area contributed by atoms with Crippen molar-refractivity contribution < 1.29 is 4.79 Å². The molecule has 0 aromatic rings. The number of nitrogens with one attached hydrogen (secondary N) is 1. The van der Waals surface area contributed by atoms with Crippen LogP contribution in [0.2, 0.25) is 0 Å². The van der Waals surface area contributed by atoms with Crippen LogP contribution in [0.5, 0.6) is 0 Å². The fourth-order valence-electron chi connectivity index (χ4n) is 0.472. The molecule has 60 valence electrons. The van der Waals surface area contributed by atoms with Gasteiger partial charge in [0.05, 0.1) is 0 Å². The molecule has 2 amide bonds. The van der Waals surface area contributed by atoms with Gasteiger partial charge in [-0.25, -0.2) is 4.79 Å². The molecule has 0 spiro atoms. The van der Waals surface area contributed by atoms with E-state index in [1.165, 1.54) is 0 Å². The fourth-order valence-corrected chi connectivity index (χ4v) is 0.472. The van der Waals surface area contributed by atoms with Gasteiger partial charge in [-0.3, -0.25) is 0 Å². The van der Waals surface area contributed by atoms with E-state index in [0.717, 1.165) is 0 Å². The van der Waals surface area contributed by atoms with Crippen molar-refractivity contribution in [2.45, 2.75) is 26.3 Å². The van der Waals surface area contributed by atoms with E-state index in [-0.39, 0.29) is 11.6 Å². The molecule has 0 aliphatic rings. The molecule has 0 fully saturated rings. The summed E-state index contributed by atoms with van der Waals surface area (Å²) in [5.41, 5.74) is -0.0971. The number of hydrogen-bond donors (Lipinski definition) is 1. The molecule has 0 unspecified atom stereocenters. The van der Waals surface area contributed by atoms with E-state index in [2.05, 4.69) is 5.32 Å². The topological polar surface area (TPSA) is 32.3 Å². The van der Waals surface area contributed by atoms with Crippen LogP contribution in [0, 0.1) is 0 Å². The number of amides is 2. The van der Waals surface area contributed by atoms with E-state index in [4.69, 9.17) is 0 Å². The van der Waals surface area contributed by atoms with E-state index in [9.17, 15) is 4.79 Å². The Hall–Kier alpha value is -0.730. The summed E-state index contributed by atoms with van der Waals surface area (Å²) < 4.78 is 0. The summed E-state index contributed by atoms with van der Waals surface area (Å²) in [6.07, 6.45) is 0. The largest absolute Gasteiger partial charge is 0.341 e. The monoisotopic (exact) mass is 144 g/mol. The van der Waals surface area contributed by atoms with Crippen LogP contribution >= 0.6 is 0 Å². The maximum atomic E-state index is 11.0. The molecule has 1 N–H and O–H groups in total. The highest BCUT2D eigenvalue weighted by Gasteiger charge is 2.20. The lowest BCUT2D eigenvalue weighted by Gasteiger charge is -2.31. The number of hydrogen-bond acceptors (Lipinski definition) is 1. The summed E-state index contributed by atoms with van der Waals surface area (Å²) in [5.74, 6) is 0. The van der Waals surface area contributed by atoms with Crippen LogP contribution in [0.15, 0.2) is 0 Å². The van der Waals surface area contributed by atoms with Crippen molar-refractivity contribution in [3.63, 3.8) is 0 Å². The molecule has 0 heterocycles. The quantitative estimate of drug-likeness (QED) is 0.541. The summed E-state index contributed by atoms with van der Waals surface area (Å²) in [6.45, 7) is 5.96. The zero-order chi connectivity index (χ0) is 8.36. The molecular formula is C7H16N2O. The Bertz CT molecular complexity index is 126. The van der Waals surface area contributed by atoms with Gasteiger partial charge in [0.1, 0.15) is 0 Å². The van der Waals surface area contributed by atoms with Crippen LogP contribution in [-0.4, -0.2) is 30.6 Å². The van der Waals surface area contributed by atoms with Crippen molar-refractivity contribution in [3.8, 4) is 0 Å². The van der Waals surface area contributed by atoms with E-state index < -0.39 is 0 Å². The second kappa shape index (κ2) is 2.90. The van der Waals surface area contributed by atoms with Crippen LogP contribution in [0.1, 0.15) is 20.8 Å². The van der Waals surface area contributed by atoms with Gasteiger partial charge < -0.3 is 10.2 Å². The second-order valence-corrected chi connectivity index (χ2v) is 3.28. The van der Waals surface area contributed by atoms with Crippen molar-refractivity contribution in [1.29, 1.82) is 0 Å². The normalized spacial score (nSPS) is 10.9. The first kappa shape index (κ1) is 9.27. The minimum absolute atomic E-state index is 0.0486. The van der Waals surface area contributed by atoms with Gasteiger partial charge in [-0.2, -0.15) is 0 Å². The highest BCUT2D eigenvalue weighted by Crippen LogP contribution is 2.09. The Morgan fingerprint density at radius 2 is 1.80 bits per heavy atom. The fraction of sp³-hybridized carbons (Fsp3) is 0.857. The summed E-state index contributed by atoms with van der Waals surface area (Å²) in [5, 5.41) is 2.56. The number of urea groups is 1. The van der Waals surface area contributed by atoms with Gasteiger partial charge in [0, 0.05) is 19.6 Å². The lowest BCUT2D eigenvalue weighted by Crippen LogP contribution is -2.46.